The van der Waals surface area contributed by atoms with Gasteiger partial charge in [-0.3, -0.25) is 9.59 Å². The second kappa shape index (κ2) is 6.31. The van der Waals surface area contributed by atoms with Crippen molar-refractivity contribution in [3.05, 3.63) is 40.4 Å². The van der Waals surface area contributed by atoms with Gasteiger partial charge in [0.2, 0.25) is 5.91 Å². The van der Waals surface area contributed by atoms with Crippen molar-refractivity contribution in [3.63, 3.8) is 0 Å². The summed E-state index contributed by atoms with van der Waals surface area (Å²) in [5.41, 5.74) is 2.54. The summed E-state index contributed by atoms with van der Waals surface area (Å²) >= 11 is 5.88. The zero-order chi connectivity index (χ0) is 15.6. The number of amides is 1. The lowest BCUT2D eigenvalue weighted by Gasteiger charge is -2.26. The Bertz CT molecular complexity index is 610. The fourth-order valence-electron chi connectivity index (χ4n) is 2.61. The second-order valence-corrected chi connectivity index (χ2v) is 5.93. The number of aliphatic carboxylic acids is 1. The molecule has 0 radical (unpaired) electrons. The average Bonchev–Trinajstić information content (AvgIpc) is 2.41. The summed E-state index contributed by atoms with van der Waals surface area (Å²) in [6, 6.07) is 5.19. The van der Waals surface area contributed by atoms with Gasteiger partial charge in [-0.25, -0.2) is 0 Å². The van der Waals surface area contributed by atoms with E-state index in [-0.39, 0.29) is 5.91 Å². The molecule has 1 aliphatic rings. The summed E-state index contributed by atoms with van der Waals surface area (Å²) in [6.07, 6.45) is 2.83. The number of hydrogen-bond donors (Lipinski definition) is 2. The van der Waals surface area contributed by atoms with E-state index < -0.39 is 17.8 Å². The van der Waals surface area contributed by atoms with Gasteiger partial charge in [0.1, 0.15) is 0 Å². The Morgan fingerprint density at radius 3 is 2.62 bits per heavy atom. The third kappa shape index (κ3) is 3.64. The highest BCUT2D eigenvalue weighted by atomic mass is 35.5. The van der Waals surface area contributed by atoms with Crippen molar-refractivity contribution < 1.29 is 14.7 Å². The molecule has 2 unspecified atom stereocenters. The minimum Gasteiger partial charge on any atom is -0.481 e. The van der Waals surface area contributed by atoms with Gasteiger partial charge in [-0.15, -0.1) is 0 Å². The van der Waals surface area contributed by atoms with E-state index in [2.05, 4.69) is 5.32 Å². The third-order valence-electron chi connectivity index (χ3n) is 3.85. The lowest BCUT2D eigenvalue weighted by Crippen LogP contribution is -2.35. The van der Waals surface area contributed by atoms with Gasteiger partial charge in [-0.2, -0.15) is 0 Å². The van der Waals surface area contributed by atoms with Crippen molar-refractivity contribution in [2.75, 3.05) is 5.32 Å². The van der Waals surface area contributed by atoms with Crippen LogP contribution in [0.1, 0.15) is 25.3 Å². The van der Waals surface area contributed by atoms with E-state index in [0.717, 1.165) is 11.1 Å². The van der Waals surface area contributed by atoms with E-state index in [1.165, 1.54) is 0 Å². The molecule has 1 aromatic carbocycles. The van der Waals surface area contributed by atoms with Crippen LogP contribution in [0.5, 0.6) is 0 Å². The van der Waals surface area contributed by atoms with Crippen molar-refractivity contribution >= 4 is 29.2 Å². The molecule has 0 saturated carbocycles. The predicted molar refractivity (Wildman–Crippen MR) is 82.4 cm³/mol. The Hall–Kier alpha value is -1.81. The Labute approximate surface area is 128 Å². The maximum Gasteiger partial charge on any atom is 0.307 e. The number of nitrogens with one attached hydrogen (secondary N) is 1. The molecule has 5 heteroatoms. The molecule has 2 N–H and O–H groups in total. The number of carboxylic acids is 1. The van der Waals surface area contributed by atoms with Crippen LogP contribution in [0, 0.1) is 18.8 Å². The Morgan fingerprint density at radius 2 is 2.00 bits per heavy atom. The highest BCUT2D eigenvalue weighted by Crippen LogP contribution is 2.31. The SMILES string of the molecule is CC1=CCC(C(=O)Nc2ccc(Cl)cc2C)C(C(=O)O)C1. The fraction of sp³-hybridized carbons (Fsp3) is 0.375. The third-order valence-corrected chi connectivity index (χ3v) is 4.08. The highest BCUT2D eigenvalue weighted by Gasteiger charge is 2.35. The van der Waals surface area contributed by atoms with E-state index in [9.17, 15) is 14.7 Å². The molecule has 21 heavy (non-hydrogen) atoms. The van der Waals surface area contributed by atoms with Gasteiger partial charge in [0, 0.05) is 10.7 Å². The first kappa shape index (κ1) is 15.6. The van der Waals surface area contributed by atoms with E-state index in [4.69, 9.17) is 11.6 Å². The molecule has 2 atom stereocenters. The van der Waals surface area contributed by atoms with Gasteiger partial charge >= 0.3 is 5.97 Å². The number of anilines is 1. The van der Waals surface area contributed by atoms with Crippen LogP contribution in [-0.4, -0.2) is 17.0 Å². The minimum atomic E-state index is -0.921. The molecule has 0 saturated heterocycles. The summed E-state index contributed by atoms with van der Waals surface area (Å²) in [4.78, 5) is 23.7. The number of hydrogen-bond acceptors (Lipinski definition) is 2. The van der Waals surface area contributed by atoms with Crippen LogP contribution in [0.15, 0.2) is 29.8 Å². The molecule has 0 bridgehead atoms. The van der Waals surface area contributed by atoms with Crippen molar-refractivity contribution in [1.29, 1.82) is 0 Å². The van der Waals surface area contributed by atoms with Crippen molar-refractivity contribution in [3.8, 4) is 0 Å². The first-order chi connectivity index (χ1) is 9.88. The van der Waals surface area contributed by atoms with Crippen LogP contribution in [0.2, 0.25) is 5.02 Å². The van der Waals surface area contributed by atoms with Gasteiger partial charge in [0.25, 0.3) is 0 Å². The van der Waals surface area contributed by atoms with Gasteiger partial charge in [0.05, 0.1) is 11.8 Å². The van der Waals surface area contributed by atoms with E-state index >= 15 is 0 Å². The van der Waals surface area contributed by atoms with Crippen molar-refractivity contribution in [1.82, 2.24) is 0 Å². The van der Waals surface area contributed by atoms with Crippen LogP contribution in [0.4, 0.5) is 5.69 Å². The normalized spacial score (nSPS) is 21.6. The molecular weight excluding hydrogens is 290 g/mol. The zero-order valence-electron chi connectivity index (χ0n) is 12.0. The van der Waals surface area contributed by atoms with E-state index in [1.807, 2.05) is 19.9 Å². The molecule has 1 aromatic rings. The first-order valence-electron chi connectivity index (χ1n) is 6.84. The molecule has 0 spiro atoms. The Morgan fingerprint density at radius 1 is 1.29 bits per heavy atom. The van der Waals surface area contributed by atoms with Gasteiger partial charge < -0.3 is 10.4 Å². The molecule has 4 nitrogen and oxygen atoms in total. The monoisotopic (exact) mass is 307 g/mol. The number of halogens is 1. The number of carbonyl (C=O) groups is 2. The zero-order valence-corrected chi connectivity index (χ0v) is 12.8. The Kier molecular flexibility index (Phi) is 4.68. The van der Waals surface area contributed by atoms with Crippen LogP contribution in [0.25, 0.3) is 0 Å². The Balaban J connectivity index is 2.17. The summed E-state index contributed by atoms with van der Waals surface area (Å²) < 4.78 is 0. The quantitative estimate of drug-likeness (QED) is 0.838. The van der Waals surface area contributed by atoms with E-state index in [1.54, 1.807) is 18.2 Å². The maximum atomic E-state index is 12.4. The number of benzene rings is 1. The van der Waals surface area contributed by atoms with Crippen LogP contribution in [0.3, 0.4) is 0 Å². The van der Waals surface area contributed by atoms with Gasteiger partial charge in [0.15, 0.2) is 0 Å². The molecule has 0 heterocycles. The molecular formula is C16H18ClNO3. The molecule has 0 aliphatic heterocycles. The summed E-state index contributed by atoms with van der Waals surface area (Å²) in [5, 5.41) is 12.7. The summed E-state index contributed by atoms with van der Waals surface area (Å²) in [6.45, 7) is 3.74. The summed E-state index contributed by atoms with van der Waals surface area (Å²) in [5.74, 6) is -2.38. The standard InChI is InChI=1S/C16H18ClNO3/c1-9-3-5-12(13(7-9)16(20)21)15(19)18-14-6-4-11(17)8-10(14)2/h3-4,6,8,12-13H,5,7H2,1-2H3,(H,18,19)(H,20,21). The molecule has 1 aliphatic carbocycles. The number of allylic oxidation sites excluding steroid dienone is 2. The second-order valence-electron chi connectivity index (χ2n) is 5.49. The highest BCUT2D eigenvalue weighted by molar-refractivity contribution is 6.30. The molecule has 2 rings (SSSR count). The first-order valence-corrected chi connectivity index (χ1v) is 7.21. The number of carboxylic acid groups (broad SMARTS) is 1. The number of aryl methyl sites for hydroxylation is 1. The van der Waals surface area contributed by atoms with Crippen LogP contribution in [-0.2, 0) is 9.59 Å². The smallest absolute Gasteiger partial charge is 0.307 e. The van der Waals surface area contributed by atoms with Crippen molar-refractivity contribution in [2.45, 2.75) is 26.7 Å². The molecule has 0 fully saturated rings. The molecule has 0 aromatic heterocycles. The molecule has 112 valence electrons. The maximum absolute atomic E-state index is 12.4. The molecule has 1 amide bonds. The van der Waals surface area contributed by atoms with E-state index in [0.29, 0.717) is 23.6 Å². The largest absolute Gasteiger partial charge is 0.481 e. The predicted octanol–water partition coefficient (Wildman–Crippen LogP) is 3.64. The average molecular weight is 308 g/mol. The number of carbonyl (C=O) groups excluding carboxylic acids is 1. The van der Waals surface area contributed by atoms with Gasteiger partial charge in [-0.05, 0) is 50.5 Å². The van der Waals surface area contributed by atoms with Crippen LogP contribution >= 0.6 is 11.6 Å². The lowest BCUT2D eigenvalue weighted by atomic mass is 9.79. The lowest BCUT2D eigenvalue weighted by molar-refractivity contribution is -0.146. The summed E-state index contributed by atoms with van der Waals surface area (Å²) in [7, 11) is 0. The van der Waals surface area contributed by atoms with Gasteiger partial charge in [-0.1, -0.05) is 23.3 Å². The fourth-order valence-corrected chi connectivity index (χ4v) is 2.83. The van der Waals surface area contributed by atoms with Crippen molar-refractivity contribution in [2.24, 2.45) is 11.8 Å². The minimum absolute atomic E-state index is 0.253. The van der Waals surface area contributed by atoms with Crippen LogP contribution < -0.4 is 5.32 Å². The topological polar surface area (TPSA) is 66.4 Å². The number of rotatable bonds is 3.